The van der Waals surface area contributed by atoms with Crippen molar-refractivity contribution < 1.29 is 15.6 Å². The zero-order chi connectivity index (χ0) is 8.85. The van der Waals surface area contributed by atoms with E-state index in [1.54, 1.807) is 0 Å². The third-order valence-corrected chi connectivity index (χ3v) is 0.801. The molecule has 0 aromatic rings. The highest BCUT2D eigenvalue weighted by Crippen LogP contribution is 1.78. The van der Waals surface area contributed by atoms with Gasteiger partial charge in [-0.05, 0) is 0 Å². The van der Waals surface area contributed by atoms with E-state index in [-0.39, 0.29) is 0 Å². The van der Waals surface area contributed by atoms with Crippen LogP contribution >= 0.6 is 0 Å². The Bertz CT molecular complexity index is 199. The number of hydrogen-bond acceptors (Lipinski definition) is 6. The van der Waals surface area contributed by atoms with E-state index in [9.17, 15) is 0 Å². The molecule has 0 bridgehead atoms. The van der Waals surface area contributed by atoms with Gasteiger partial charge in [0.1, 0.15) is 0 Å². The zero-order valence-electron chi connectivity index (χ0n) is 5.34. The monoisotopic (exact) mass is 161 g/mol. The quantitative estimate of drug-likeness (QED) is 0.142. The van der Waals surface area contributed by atoms with Crippen LogP contribution in [0.15, 0.2) is 15.5 Å². The average molecular weight is 161 g/mol. The summed E-state index contributed by atoms with van der Waals surface area (Å²) in [5, 5.41) is 31.7. The maximum atomic E-state index is 8.17. The first-order chi connectivity index (χ1) is 5.17. The van der Waals surface area contributed by atoms with E-state index in [4.69, 9.17) is 27.1 Å². The van der Waals surface area contributed by atoms with Gasteiger partial charge in [-0.2, -0.15) is 0 Å². The summed E-state index contributed by atoms with van der Waals surface area (Å²) in [6.07, 6.45) is 0. The van der Waals surface area contributed by atoms with Crippen molar-refractivity contribution in [2.75, 3.05) is 0 Å². The third-order valence-electron chi connectivity index (χ3n) is 0.801. The Morgan fingerprint density at radius 1 is 0.818 bits per heavy atom. The molecular weight excluding hydrogens is 154 g/mol. The Hall–Kier alpha value is -1.99. The lowest BCUT2D eigenvalue weighted by molar-refractivity contribution is 0.311. The van der Waals surface area contributed by atoms with Crippen LogP contribution in [-0.2, 0) is 0 Å². The topological polar surface area (TPSA) is 150 Å². The first kappa shape index (κ1) is 9.01. The van der Waals surface area contributed by atoms with E-state index in [2.05, 4.69) is 15.5 Å². The SMILES string of the molecule is N/C(=N/O)C(=NO)/C(N)=N\O. The van der Waals surface area contributed by atoms with Gasteiger partial charge in [-0.25, -0.2) is 0 Å². The molecule has 0 aliphatic rings. The molecule has 62 valence electrons. The number of amidine groups is 2. The Morgan fingerprint density at radius 2 is 1.18 bits per heavy atom. The molecule has 0 atom stereocenters. The van der Waals surface area contributed by atoms with Gasteiger partial charge in [0.25, 0.3) is 0 Å². The van der Waals surface area contributed by atoms with Crippen LogP contribution in [0, 0.1) is 0 Å². The summed E-state index contributed by atoms with van der Waals surface area (Å²) in [4.78, 5) is 0. The molecule has 0 fully saturated rings. The Labute approximate surface area is 61.1 Å². The van der Waals surface area contributed by atoms with Crippen LogP contribution in [0.25, 0.3) is 0 Å². The lowest BCUT2D eigenvalue weighted by Gasteiger charge is -1.97. The number of hydrogen-bond donors (Lipinski definition) is 5. The Morgan fingerprint density at radius 3 is 1.36 bits per heavy atom. The Balaban J connectivity index is 4.72. The predicted molar refractivity (Wildman–Crippen MR) is 36.0 cm³/mol. The molecule has 8 heteroatoms. The predicted octanol–water partition coefficient (Wildman–Crippen LogP) is -1.69. The Kier molecular flexibility index (Phi) is 3.22. The molecule has 11 heavy (non-hydrogen) atoms. The summed E-state index contributed by atoms with van der Waals surface area (Å²) in [5.74, 6) is -1.11. The van der Waals surface area contributed by atoms with Crippen molar-refractivity contribution in [2.24, 2.45) is 26.9 Å². The van der Waals surface area contributed by atoms with Crippen LogP contribution in [0.2, 0.25) is 0 Å². The first-order valence-corrected chi connectivity index (χ1v) is 2.35. The largest absolute Gasteiger partial charge is 0.410 e. The van der Waals surface area contributed by atoms with Crippen molar-refractivity contribution in [1.82, 2.24) is 0 Å². The van der Waals surface area contributed by atoms with E-state index in [0.717, 1.165) is 0 Å². The van der Waals surface area contributed by atoms with Gasteiger partial charge >= 0.3 is 0 Å². The number of oxime groups is 3. The molecule has 0 rings (SSSR count). The minimum Gasteiger partial charge on any atom is -0.410 e. The van der Waals surface area contributed by atoms with Crippen LogP contribution in [0.5, 0.6) is 0 Å². The van der Waals surface area contributed by atoms with Gasteiger partial charge in [0.2, 0.25) is 0 Å². The summed E-state index contributed by atoms with van der Waals surface area (Å²) in [7, 11) is 0. The number of rotatable bonds is 2. The maximum Gasteiger partial charge on any atom is 0.196 e. The van der Waals surface area contributed by atoms with Crippen molar-refractivity contribution in [2.45, 2.75) is 0 Å². The molecule has 0 aromatic heterocycles. The van der Waals surface area contributed by atoms with Crippen LogP contribution in [-0.4, -0.2) is 33.0 Å². The molecule has 7 N–H and O–H groups in total. The van der Waals surface area contributed by atoms with Crippen molar-refractivity contribution in [3.05, 3.63) is 0 Å². The van der Waals surface area contributed by atoms with Crippen molar-refractivity contribution in [3.63, 3.8) is 0 Å². The first-order valence-electron chi connectivity index (χ1n) is 2.35. The zero-order valence-corrected chi connectivity index (χ0v) is 5.34. The van der Waals surface area contributed by atoms with Gasteiger partial charge in [-0.3, -0.25) is 0 Å². The number of nitrogens with two attached hydrogens (primary N) is 2. The van der Waals surface area contributed by atoms with Gasteiger partial charge < -0.3 is 27.1 Å². The summed E-state index contributed by atoms with van der Waals surface area (Å²) in [6.45, 7) is 0. The molecule has 0 aliphatic heterocycles. The minimum absolute atomic E-state index is 0.505. The second kappa shape index (κ2) is 3.93. The minimum atomic E-state index is -0.553. The number of nitrogens with zero attached hydrogens (tertiary/aromatic N) is 3. The summed E-state index contributed by atoms with van der Waals surface area (Å²) in [6, 6.07) is 0. The van der Waals surface area contributed by atoms with Crippen molar-refractivity contribution in [3.8, 4) is 0 Å². The smallest absolute Gasteiger partial charge is 0.196 e. The van der Waals surface area contributed by atoms with Gasteiger partial charge in [-0.1, -0.05) is 15.5 Å². The fraction of sp³-hybridized carbons (Fsp3) is 0. The van der Waals surface area contributed by atoms with E-state index in [0.29, 0.717) is 0 Å². The highest BCUT2D eigenvalue weighted by Gasteiger charge is 2.11. The molecule has 0 aliphatic carbocycles. The molecule has 0 unspecified atom stereocenters. The molecule has 0 saturated carbocycles. The van der Waals surface area contributed by atoms with Crippen molar-refractivity contribution >= 4 is 17.4 Å². The molecule has 0 heterocycles. The van der Waals surface area contributed by atoms with Crippen LogP contribution in [0.1, 0.15) is 0 Å². The summed E-state index contributed by atoms with van der Waals surface area (Å²) in [5.41, 5.74) is 9.38. The lowest BCUT2D eigenvalue weighted by atomic mass is 10.3. The van der Waals surface area contributed by atoms with Gasteiger partial charge in [0.05, 0.1) is 0 Å². The molecule has 0 radical (unpaired) electrons. The molecule has 0 aromatic carbocycles. The van der Waals surface area contributed by atoms with Crippen LogP contribution in [0.4, 0.5) is 0 Å². The second-order valence-electron chi connectivity index (χ2n) is 1.42. The fourth-order valence-electron chi connectivity index (χ4n) is 0.328. The standard InChI is InChI=1S/C3H7N5O3/c4-2(7-10)1(6-9)3(5)8-11/h9-11H,(H2,4,7)(H2,5,8). The van der Waals surface area contributed by atoms with Gasteiger partial charge in [0, 0.05) is 0 Å². The van der Waals surface area contributed by atoms with Crippen LogP contribution in [0.3, 0.4) is 0 Å². The third kappa shape index (κ3) is 2.01. The summed E-state index contributed by atoms with van der Waals surface area (Å²) < 4.78 is 0. The molecule has 0 amide bonds. The van der Waals surface area contributed by atoms with E-state index < -0.39 is 17.4 Å². The van der Waals surface area contributed by atoms with Gasteiger partial charge in [0.15, 0.2) is 17.4 Å². The fourth-order valence-corrected chi connectivity index (χ4v) is 0.328. The molecule has 0 spiro atoms. The highest BCUT2D eigenvalue weighted by atomic mass is 16.4. The maximum absolute atomic E-state index is 8.17. The highest BCUT2D eigenvalue weighted by molar-refractivity contribution is 6.66. The van der Waals surface area contributed by atoms with Crippen molar-refractivity contribution in [1.29, 1.82) is 0 Å². The second-order valence-corrected chi connectivity index (χ2v) is 1.42. The van der Waals surface area contributed by atoms with E-state index >= 15 is 0 Å². The van der Waals surface area contributed by atoms with E-state index in [1.165, 1.54) is 0 Å². The average Bonchev–Trinajstić information content (AvgIpc) is 2.05. The van der Waals surface area contributed by atoms with Crippen LogP contribution < -0.4 is 11.5 Å². The molecule has 0 saturated heterocycles. The summed E-state index contributed by atoms with van der Waals surface area (Å²) >= 11 is 0. The van der Waals surface area contributed by atoms with E-state index in [1.807, 2.05) is 0 Å². The molecular formula is C3H7N5O3. The lowest BCUT2D eigenvalue weighted by Crippen LogP contribution is -2.36. The normalized spacial score (nSPS) is 12.7. The molecule has 8 nitrogen and oxygen atoms in total. The van der Waals surface area contributed by atoms with Gasteiger partial charge in [-0.15, -0.1) is 0 Å².